The van der Waals surface area contributed by atoms with Crippen molar-refractivity contribution in [3.63, 3.8) is 0 Å². The third kappa shape index (κ3) is 2.79. The number of rotatable bonds is 5. The zero-order valence-electron chi connectivity index (χ0n) is 11.1. The molecular formula is C12H15N5O3. The highest BCUT2D eigenvalue weighted by atomic mass is 16.5. The van der Waals surface area contributed by atoms with E-state index in [0.717, 1.165) is 5.56 Å². The van der Waals surface area contributed by atoms with Crippen LogP contribution in [0.3, 0.4) is 0 Å². The lowest BCUT2D eigenvalue weighted by Gasteiger charge is -2.09. The normalized spacial score (nSPS) is 11.4. The van der Waals surface area contributed by atoms with Crippen LogP contribution in [0.1, 0.15) is 11.4 Å². The van der Waals surface area contributed by atoms with Gasteiger partial charge in [0.25, 0.3) is 0 Å². The molecule has 20 heavy (non-hydrogen) atoms. The van der Waals surface area contributed by atoms with Crippen LogP contribution in [0, 0.1) is 0 Å². The Hall–Kier alpha value is -2.77. The van der Waals surface area contributed by atoms with Gasteiger partial charge in [-0.1, -0.05) is 11.2 Å². The zero-order chi connectivity index (χ0) is 14.5. The van der Waals surface area contributed by atoms with Crippen LogP contribution in [-0.4, -0.2) is 40.0 Å². The fourth-order valence-electron chi connectivity index (χ4n) is 1.70. The fraction of sp³-hybridized carbons (Fsp3) is 0.250. The second-order valence-corrected chi connectivity index (χ2v) is 3.94. The Morgan fingerprint density at radius 2 is 2.10 bits per heavy atom. The van der Waals surface area contributed by atoms with Crippen LogP contribution in [0.15, 0.2) is 29.7 Å². The van der Waals surface area contributed by atoms with E-state index in [1.807, 2.05) is 18.2 Å². The summed E-state index contributed by atoms with van der Waals surface area (Å²) in [7, 11) is 3.16. The molecule has 0 saturated heterocycles. The maximum Gasteiger partial charge on any atom is 0.219 e. The number of aromatic nitrogens is 3. The molecule has 1 aromatic carbocycles. The Kier molecular flexibility index (Phi) is 4.04. The van der Waals surface area contributed by atoms with Gasteiger partial charge in [-0.05, 0) is 17.7 Å². The third-order valence-electron chi connectivity index (χ3n) is 2.67. The molecule has 2 rings (SSSR count). The summed E-state index contributed by atoms with van der Waals surface area (Å²) >= 11 is 0. The molecule has 0 atom stereocenters. The Morgan fingerprint density at radius 3 is 2.75 bits per heavy atom. The molecule has 2 aromatic rings. The lowest BCUT2D eigenvalue weighted by atomic mass is 10.2. The van der Waals surface area contributed by atoms with Gasteiger partial charge < -0.3 is 20.4 Å². The van der Waals surface area contributed by atoms with Crippen molar-refractivity contribution < 1.29 is 14.7 Å². The fourth-order valence-corrected chi connectivity index (χ4v) is 1.70. The quantitative estimate of drug-likeness (QED) is 0.355. The first-order valence-electron chi connectivity index (χ1n) is 5.76. The Morgan fingerprint density at radius 1 is 1.35 bits per heavy atom. The number of nitrogens with two attached hydrogens (primary N) is 1. The Balaban J connectivity index is 2.19. The van der Waals surface area contributed by atoms with Gasteiger partial charge >= 0.3 is 0 Å². The average Bonchev–Trinajstić information content (AvgIpc) is 2.94. The molecule has 0 aliphatic carbocycles. The second-order valence-electron chi connectivity index (χ2n) is 3.94. The van der Waals surface area contributed by atoms with E-state index >= 15 is 0 Å². The SMILES string of the molecule is COc1ccc(Cn2cnc(C(N)=NO)n2)cc1OC. The van der Waals surface area contributed by atoms with E-state index in [0.29, 0.717) is 18.0 Å². The lowest BCUT2D eigenvalue weighted by Crippen LogP contribution is -2.15. The summed E-state index contributed by atoms with van der Waals surface area (Å²) in [5.74, 6) is 1.35. The van der Waals surface area contributed by atoms with Gasteiger partial charge in [-0.3, -0.25) is 0 Å². The van der Waals surface area contributed by atoms with Gasteiger partial charge in [0.2, 0.25) is 11.7 Å². The molecule has 1 aromatic heterocycles. The maximum absolute atomic E-state index is 8.56. The highest BCUT2D eigenvalue weighted by molar-refractivity contribution is 5.93. The average molecular weight is 277 g/mol. The molecule has 0 aliphatic heterocycles. The molecule has 0 saturated carbocycles. The predicted molar refractivity (Wildman–Crippen MR) is 71.2 cm³/mol. The van der Waals surface area contributed by atoms with Gasteiger partial charge in [-0.25, -0.2) is 9.67 Å². The smallest absolute Gasteiger partial charge is 0.219 e. The molecule has 0 spiro atoms. The zero-order valence-corrected chi connectivity index (χ0v) is 11.1. The van der Waals surface area contributed by atoms with E-state index in [-0.39, 0.29) is 11.7 Å². The summed E-state index contributed by atoms with van der Waals surface area (Å²) in [6, 6.07) is 5.56. The van der Waals surface area contributed by atoms with Crippen molar-refractivity contribution in [2.75, 3.05) is 14.2 Å². The highest BCUT2D eigenvalue weighted by Gasteiger charge is 2.08. The second kappa shape index (κ2) is 5.91. The summed E-state index contributed by atoms with van der Waals surface area (Å²) in [5.41, 5.74) is 6.37. The van der Waals surface area contributed by atoms with E-state index in [2.05, 4.69) is 15.2 Å². The first kappa shape index (κ1) is 13.7. The molecule has 3 N–H and O–H groups in total. The topological polar surface area (TPSA) is 108 Å². The van der Waals surface area contributed by atoms with Crippen molar-refractivity contribution in [2.24, 2.45) is 10.9 Å². The minimum atomic E-state index is -0.129. The van der Waals surface area contributed by atoms with Crippen molar-refractivity contribution in [3.05, 3.63) is 35.9 Å². The maximum atomic E-state index is 8.56. The number of hydrogen-bond donors (Lipinski definition) is 2. The highest BCUT2D eigenvalue weighted by Crippen LogP contribution is 2.27. The van der Waals surface area contributed by atoms with Gasteiger partial charge in [-0.2, -0.15) is 0 Å². The lowest BCUT2D eigenvalue weighted by molar-refractivity contribution is 0.318. The van der Waals surface area contributed by atoms with Crippen molar-refractivity contribution in [1.82, 2.24) is 14.8 Å². The van der Waals surface area contributed by atoms with Crippen molar-refractivity contribution >= 4 is 5.84 Å². The summed E-state index contributed by atoms with van der Waals surface area (Å²) in [6.45, 7) is 0.478. The summed E-state index contributed by atoms with van der Waals surface area (Å²) in [6.07, 6.45) is 1.50. The van der Waals surface area contributed by atoms with Crippen molar-refractivity contribution in [1.29, 1.82) is 0 Å². The van der Waals surface area contributed by atoms with Crippen molar-refractivity contribution in [3.8, 4) is 11.5 Å². The summed E-state index contributed by atoms with van der Waals surface area (Å²) in [4.78, 5) is 3.94. The number of ether oxygens (including phenoxy) is 2. The van der Waals surface area contributed by atoms with Crippen LogP contribution in [-0.2, 0) is 6.54 Å². The molecule has 0 bridgehead atoms. The molecule has 8 heteroatoms. The molecule has 0 aliphatic rings. The molecule has 8 nitrogen and oxygen atoms in total. The summed E-state index contributed by atoms with van der Waals surface area (Å²) < 4.78 is 12.0. The number of nitrogens with zero attached hydrogens (tertiary/aromatic N) is 4. The number of hydrogen-bond acceptors (Lipinski definition) is 6. The first-order chi connectivity index (χ1) is 9.67. The molecule has 106 valence electrons. The third-order valence-corrected chi connectivity index (χ3v) is 2.67. The number of benzene rings is 1. The number of oxime groups is 1. The van der Waals surface area contributed by atoms with Crippen LogP contribution in [0.5, 0.6) is 11.5 Å². The molecule has 1 heterocycles. The first-order valence-corrected chi connectivity index (χ1v) is 5.76. The van der Waals surface area contributed by atoms with Gasteiger partial charge in [0.15, 0.2) is 11.5 Å². The molecular weight excluding hydrogens is 262 g/mol. The minimum absolute atomic E-state index is 0.129. The van der Waals surface area contributed by atoms with Gasteiger partial charge in [0.05, 0.1) is 20.8 Å². The van der Waals surface area contributed by atoms with Crippen LogP contribution in [0.4, 0.5) is 0 Å². The number of methoxy groups -OCH3 is 2. The molecule has 0 radical (unpaired) electrons. The molecule has 0 amide bonds. The van der Waals surface area contributed by atoms with Crippen molar-refractivity contribution in [2.45, 2.75) is 6.54 Å². The monoisotopic (exact) mass is 277 g/mol. The van der Waals surface area contributed by atoms with E-state index in [1.54, 1.807) is 18.9 Å². The van der Waals surface area contributed by atoms with Crippen LogP contribution < -0.4 is 15.2 Å². The largest absolute Gasteiger partial charge is 0.493 e. The summed E-state index contributed by atoms with van der Waals surface area (Å²) in [5, 5.41) is 15.5. The Bertz CT molecular complexity index is 623. The van der Waals surface area contributed by atoms with E-state index < -0.39 is 0 Å². The van der Waals surface area contributed by atoms with Crippen LogP contribution in [0.25, 0.3) is 0 Å². The Labute approximate surface area is 115 Å². The van der Waals surface area contributed by atoms with E-state index in [4.69, 9.17) is 20.4 Å². The minimum Gasteiger partial charge on any atom is -0.493 e. The standard InChI is InChI=1S/C12H15N5O3/c1-19-9-4-3-8(5-10(9)20-2)6-17-7-14-12(15-17)11(13)16-18/h3-5,7,18H,6H2,1-2H3,(H2,13,16). The predicted octanol–water partition coefficient (Wildman–Crippen LogP) is 0.438. The van der Waals surface area contributed by atoms with Crippen LogP contribution >= 0.6 is 0 Å². The van der Waals surface area contributed by atoms with E-state index in [1.165, 1.54) is 6.33 Å². The number of amidine groups is 1. The molecule has 0 fully saturated rings. The van der Waals surface area contributed by atoms with E-state index in [9.17, 15) is 0 Å². The van der Waals surface area contributed by atoms with Gasteiger partial charge in [-0.15, -0.1) is 5.10 Å². The van der Waals surface area contributed by atoms with Gasteiger partial charge in [0.1, 0.15) is 6.33 Å². The molecule has 0 unspecified atom stereocenters. The van der Waals surface area contributed by atoms with Gasteiger partial charge in [0, 0.05) is 0 Å². The van der Waals surface area contributed by atoms with Crippen LogP contribution in [0.2, 0.25) is 0 Å².